The van der Waals surface area contributed by atoms with Crippen molar-refractivity contribution in [2.45, 2.75) is 31.6 Å². The number of nitrogens with zero attached hydrogens (tertiary/aromatic N) is 2. The first-order valence-electron chi connectivity index (χ1n) is 8.42. The first-order valence-corrected chi connectivity index (χ1v) is 9.97. The zero-order chi connectivity index (χ0) is 17.5. The minimum Gasteiger partial charge on any atom is -0.311 e. The number of hydrogen-bond donors (Lipinski definition) is 1. The van der Waals surface area contributed by atoms with Crippen molar-refractivity contribution in [1.82, 2.24) is 4.90 Å². The minimum atomic E-state index is -3.71. The van der Waals surface area contributed by atoms with E-state index in [-0.39, 0.29) is 10.8 Å². The maximum Gasteiger partial charge on any atom is 0.241 e. The Morgan fingerprint density at radius 2 is 1.92 bits per heavy atom. The standard InChI is InChI=1S/C17H25N3O3S/c1-12-7-13(2)10-19(9-12)11-17(21)20-6-5-14-8-15(24(18,22)23)3-4-16(14)20/h3-4,8,12-13H,5-7,9-11H2,1-2H3,(H2,18,22,23)/t12-,13+. The van der Waals surface area contributed by atoms with Gasteiger partial charge in [-0.1, -0.05) is 13.8 Å². The molecule has 0 bridgehead atoms. The van der Waals surface area contributed by atoms with Gasteiger partial charge < -0.3 is 4.90 Å². The van der Waals surface area contributed by atoms with Gasteiger partial charge in [-0.25, -0.2) is 13.6 Å². The maximum absolute atomic E-state index is 12.7. The van der Waals surface area contributed by atoms with Gasteiger partial charge in [0.2, 0.25) is 15.9 Å². The number of primary sulfonamides is 1. The lowest BCUT2D eigenvalue weighted by molar-refractivity contribution is -0.120. The van der Waals surface area contributed by atoms with Gasteiger partial charge in [-0.2, -0.15) is 0 Å². The van der Waals surface area contributed by atoms with Crippen molar-refractivity contribution in [2.75, 3.05) is 31.1 Å². The molecule has 1 amide bonds. The van der Waals surface area contributed by atoms with Gasteiger partial charge in [0, 0.05) is 25.3 Å². The van der Waals surface area contributed by atoms with Gasteiger partial charge in [0.05, 0.1) is 11.4 Å². The van der Waals surface area contributed by atoms with E-state index in [1.54, 1.807) is 17.0 Å². The fourth-order valence-electron chi connectivity index (χ4n) is 4.01. The van der Waals surface area contributed by atoms with Gasteiger partial charge in [0.1, 0.15) is 0 Å². The van der Waals surface area contributed by atoms with Crippen LogP contribution in [0.2, 0.25) is 0 Å². The molecule has 1 aromatic rings. The van der Waals surface area contributed by atoms with Crippen LogP contribution in [0.5, 0.6) is 0 Å². The van der Waals surface area contributed by atoms with Gasteiger partial charge in [-0.05, 0) is 48.4 Å². The van der Waals surface area contributed by atoms with Gasteiger partial charge >= 0.3 is 0 Å². The molecule has 2 atom stereocenters. The molecular weight excluding hydrogens is 326 g/mol. The van der Waals surface area contributed by atoms with Gasteiger partial charge in [-0.15, -0.1) is 0 Å². The molecule has 0 aromatic heterocycles. The molecule has 0 unspecified atom stereocenters. The van der Waals surface area contributed by atoms with Crippen LogP contribution in [0.1, 0.15) is 25.8 Å². The highest BCUT2D eigenvalue weighted by molar-refractivity contribution is 7.89. The summed E-state index contributed by atoms with van der Waals surface area (Å²) >= 11 is 0. The normalized spacial score (nSPS) is 24.9. The van der Waals surface area contributed by atoms with E-state index >= 15 is 0 Å². The Balaban J connectivity index is 1.73. The van der Waals surface area contributed by atoms with Crippen molar-refractivity contribution in [2.24, 2.45) is 17.0 Å². The number of likely N-dealkylation sites (tertiary alicyclic amines) is 1. The average molecular weight is 351 g/mol. The number of nitrogens with two attached hydrogens (primary N) is 1. The Kier molecular flexibility index (Phi) is 4.68. The lowest BCUT2D eigenvalue weighted by atomic mass is 9.92. The van der Waals surface area contributed by atoms with Crippen LogP contribution in [-0.4, -0.2) is 45.4 Å². The zero-order valence-corrected chi connectivity index (χ0v) is 15.1. The molecule has 1 fully saturated rings. The molecule has 6 nitrogen and oxygen atoms in total. The highest BCUT2D eigenvalue weighted by atomic mass is 32.2. The number of anilines is 1. The molecule has 2 heterocycles. The number of benzene rings is 1. The van der Waals surface area contributed by atoms with Crippen molar-refractivity contribution < 1.29 is 13.2 Å². The largest absolute Gasteiger partial charge is 0.311 e. The van der Waals surface area contributed by atoms with Gasteiger partial charge in [-0.3, -0.25) is 9.69 Å². The van der Waals surface area contributed by atoms with E-state index in [9.17, 15) is 13.2 Å². The third-order valence-electron chi connectivity index (χ3n) is 4.88. The third-order valence-corrected chi connectivity index (χ3v) is 5.79. The highest BCUT2D eigenvalue weighted by Crippen LogP contribution is 2.30. The quantitative estimate of drug-likeness (QED) is 0.887. The monoisotopic (exact) mass is 351 g/mol. The van der Waals surface area contributed by atoms with Crippen LogP contribution in [0.15, 0.2) is 23.1 Å². The number of amides is 1. The average Bonchev–Trinajstić information content (AvgIpc) is 2.88. The van der Waals surface area contributed by atoms with Crippen LogP contribution in [0.4, 0.5) is 5.69 Å². The molecule has 1 aromatic carbocycles. The first-order chi connectivity index (χ1) is 11.2. The molecule has 0 radical (unpaired) electrons. The molecule has 0 spiro atoms. The van der Waals surface area contributed by atoms with E-state index in [1.807, 2.05) is 0 Å². The molecule has 3 rings (SSSR count). The Morgan fingerprint density at radius 3 is 2.54 bits per heavy atom. The van der Waals surface area contributed by atoms with Gasteiger partial charge in [0.15, 0.2) is 0 Å². The number of carbonyl (C=O) groups is 1. The van der Waals surface area contributed by atoms with Crippen LogP contribution >= 0.6 is 0 Å². The molecule has 2 N–H and O–H groups in total. The Bertz CT molecular complexity index is 737. The fourth-order valence-corrected chi connectivity index (χ4v) is 4.58. The Hall–Kier alpha value is -1.44. The van der Waals surface area contributed by atoms with E-state index in [0.29, 0.717) is 31.3 Å². The SMILES string of the molecule is C[C@@H]1C[C@H](C)CN(CC(=O)N2CCc3cc(S(N)(=O)=O)ccc32)C1. The van der Waals surface area contributed by atoms with Crippen LogP contribution in [0.25, 0.3) is 0 Å². The fraction of sp³-hybridized carbons (Fsp3) is 0.588. The second-order valence-electron chi connectivity index (χ2n) is 7.27. The first kappa shape index (κ1) is 17.4. The predicted molar refractivity (Wildman–Crippen MR) is 93.3 cm³/mol. The molecule has 24 heavy (non-hydrogen) atoms. The third kappa shape index (κ3) is 3.63. The van der Waals surface area contributed by atoms with E-state index in [0.717, 1.165) is 24.3 Å². The van der Waals surface area contributed by atoms with Crippen molar-refractivity contribution >= 4 is 21.6 Å². The van der Waals surface area contributed by atoms with Gasteiger partial charge in [0.25, 0.3) is 0 Å². The summed E-state index contributed by atoms with van der Waals surface area (Å²) in [6.07, 6.45) is 1.88. The minimum absolute atomic E-state index is 0.0819. The number of carbonyl (C=O) groups excluding carboxylic acids is 1. The van der Waals surface area contributed by atoms with E-state index in [2.05, 4.69) is 18.7 Å². The number of rotatable bonds is 3. The number of piperidine rings is 1. The summed E-state index contributed by atoms with van der Waals surface area (Å²) in [6.45, 7) is 7.40. The number of hydrogen-bond acceptors (Lipinski definition) is 4. The van der Waals surface area contributed by atoms with Crippen molar-refractivity contribution in [3.63, 3.8) is 0 Å². The summed E-state index contributed by atoms with van der Waals surface area (Å²) in [5.74, 6) is 1.31. The smallest absolute Gasteiger partial charge is 0.241 e. The summed E-state index contributed by atoms with van der Waals surface area (Å²) < 4.78 is 22.9. The molecule has 7 heteroatoms. The van der Waals surface area contributed by atoms with Crippen molar-refractivity contribution in [3.8, 4) is 0 Å². The second-order valence-corrected chi connectivity index (χ2v) is 8.83. The van der Waals surface area contributed by atoms with E-state index < -0.39 is 10.0 Å². The second kappa shape index (κ2) is 6.46. The van der Waals surface area contributed by atoms with Crippen LogP contribution in [0, 0.1) is 11.8 Å². The number of sulfonamides is 1. The Morgan fingerprint density at radius 1 is 1.25 bits per heavy atom. The summed E-state index contributed by atoms with van der Waals surface area (Å²) in [6, 6.07) is 4.76. The van der Waals surface area contributed by atoms with Crippen LogP contribution in [-0.2, 0) is 21.2 Å². The predicted octanol–water partition coefficient (Wildman–Crippen LogP) is 1.20. The lowest BCUT2D eigenvalue weighted by Crippen LogP contribution is -2.45. The zero-order valence-electron chi connectivity index (χ0n) is 14.2. The molecule has 132 valence electrons. The molecular formula is C17H25N3O3S. The summed E-state index contributed by atoms with van der Waals surface area (Å²) in [4.78, 5) is 16.8. The van der Waals surface area contributed by atoms with Crippen molar-refractivity contribution in [1.29, 1.82) is 0 Å². The molecule has 2 aliphatic heterocycles. The van der Waals surface area contributed by atoms with E-state index in [4.69, 9.17) is 5.14 Å². The number of fused-ring (bicyclic) bond motifs is 1. The van der Waals surface area contributed by atoms with Crippen LogP contribution in [0.3, 0.4) is 0 Å². The maximum atomic E-state index is 12.7. The molecule has 0 saturated carbocycles. The summed E-state index contributed by atoms with van der Waals surface area (Å²) in [5, 5.41) is 5.18. The molecule has 0 aliphatic carbocycles. The topological polar surface area (TPSA) is 83.7 Å². The Labute approximate surface area is 143 Å². The summed E-state index contributed by atoms with van der Waals surface area (Å²) in [7, 11) is -3.71. The molecule has 2 aliphatic rings. The van der Waals surface area contributed by atoms with E-state index in [1.165, 1.54) is 12.5 Å². The van der Waals surface area contributed by atoms with Crippen molar-refractivity contribution in [3.05, 3.63) is 23.8 Å². The highest BCUT2D eigenvalue weighted by Gasteiger charge is 2.29. The molecule has 1 saturated heterocycles. The van der Waals surface area contributed by atoms with Crippen LogP contribution < -0.4 is 10.0 Å². The summed E-state index contributed by atoms with van der Waals surface area (Å²) in [5.41, 5.74) is 1.68. The lowest BCUT2D eigenvalue weighted by Gasteiger charge is -2.35.